The van der Waals surface area contributed by atoms with Crippen molar-refractivity contribution in [3.05, 3.63) is 18.7 Å². The van der Waals surface area contributed by atoms with E-state index in [1.54, 1.807) is 12.5 Å². The van der Waals surface area contributed by atoms with E-state index in [9.17, 15) is 4.79 Å². The van der Waals surface area contributed by atoms with Gasteiger partial charge >= 0.3 is 6.09 Å². The monoisotopic (exact) mass is 251 g/mol. The number of likely N-dealkylation sites (tertiary alicyclic amines) is 1. The molecule has 2 heterocycles. The summed E-state index contributed by atoms with van der Waals surface area (Å²) in [6, 6.07) is 0.217. The van der Waals surface area contributed by atoms with Gasteiger partial charge < -0.3 is 14.2 Å². The van der Waals surface area contributed by atoms with Crippen LogP contribution in [0.3, 0.4) is 0 Å². The fraction of sp³-hybridized carbons (Fsp3) is 0.692. The van der Waals surface area contributed by atoms with Gasteiger partial charge in [0.25, 0.3) is 0 Å². The van der Waals surface area contributed by atoms with E-state index in [1.807, 2.05) is 36.4 Å². The fourth-order valence-electron chi connectivity index (χ4n) is 2.22. The smallest absolute Gasteiger partial charge is 0.410 e. The number of imidazole rings is 1. The van der Waals surface area contributed by atoms with E-state index in [0.29, 0.717) is 0 Å². The van der Waals surface area contributed by atoms with Crippen molar-refractivity contribution in [1.82, 2.24) is 14.5 Å². The van der Waals surface area contributed by atoms with Crippen LogP contribution in [0.25, 0.3) is 0 Å². The first kappa shape index (κ1) is 12.9. The van der Waals surface area contributed by atoms with E-state index >= 15 is 0 Å². The highest BCUT2D eigenvalue weighted by Gasteiger charge is 2.32. The number of hydrogen-bond acceptors (Lipinski definition) is 3. The number of hydrogen-bond donors (Lipinski definition) is 0. The third-order valence-corrected chi connectivity index (χ3v) is 2.99. The summed E-state index contributed by atoms with van der Waals surface area (Å²) >= 11 is 0. The molecule has 1 amide bonds. The minimum absolute atomic E-state index is 0.204. The Morgan fingerprint density at radius 2 is 2.28 bits per heavy atom. The molecular formula is C13H21N3O2. The lowest BCUT2D eigenvalue weighted by atomic mass is 10.2. The first-order chi connectivity index (χ1) is 8.46. The van der Waals surface area contributed by atoms with Gasteiger partial charge in [-0.3, -0.25) is 0 Å². The zero-order valence-electron chi connectivity index (χ0n) is 11.3. The maximum atomic E-state index is 12.1. The quantitative estimate of drug-likeness (QED) is 0.810. The van der Waals surface area contributed by atoms with Crippen molar-refractivity contribution in [2.24, 2.45) is 0 Å². The summed E-state index contributed by atoms with van der Waals surface area (Å²) in [5.74, 6) is 0. The predicted molar refractivity (Wildman–Crippen MR) is 68.2 cm³/mol. The highest BCUT2D eigenvalue weighted by atomic mass is 16.6. The molecule has 0 aliphatic carbocycles. The molecule has 0 bridgehead atoms. The molecule has 1 fully saturated rings. The lowest BCUT2D eigenvalue weighted by molar-refractivity contribution is 0.0214. The standard InChI is InChI=1S/C13H21N3O2/c1-13(2,3)18-12(17)16-7-4-5-11(16)9-15-8-6-14-10-15/h6,8,10-11H,4-5,7,9H2,1-3H3/t11-/m0/s1. The lowest BCUT2D eigenvalue weighted by Crippen LogP contribution is -2.41. The molecule has 5 heteroatoms. The summed E-state index contributed by atoms with van der Waals surface area (Å²) in [5.41, 5.74) is -0.431. The highest BCUT2D eigenvalue weighted by Crippen LogP contribution is 2.21. The van der Waals surface area contributed by atoms with Crippen LogP contribution in [0.5, 0.6) is 0 Å². The van der Waals surface area contributed by atoms with E-state index < -0.39 is 5.60 Å². The molecular weight excluding hydrogens is 230 g/mol. The maximum Gasteiger partial charge on any atom is 0.410 e. The largest absolute Gasteiger partial charge is 0.444 e. The van der Waals surface area contributed by atoms with Gasteiger partial charge in [0.05, 0.1) is 12.4 Å². The van der Waals surface area contributed by atoms with Crippen LogP contribution in [-0.2, 0) is 11.3 Å². The van der Waals surface area contributed by atoms with Crippen LogP contribution in [-0.4, -0.2) is 38.7 Å². The molecule has 1 aliphatic rings. The summed E-state index contributed by atoms with van der Waals surface area (Å²) < 4.78 is 7.44. The highest BCUT2D eigenvalue weighted by molar-refractivity contribution is 5.68. The van der Waals surface area contributed by atoms with E-state index in [4.69, 9.17) is 4.74 Å². The van der Waals surface area contributed by atoms with Gasteiger partial charge in [-0.05, 0) is 33.6 Å². The third kappa shape index (κ3) is 3.24. The Morgan fingerprint density at radius 3 is 2.89 bits per heavy atom. The number of ether oxygens (including phenoxy) is 1. The Labute approximate surface area is 108 Å². The van der Waals surface area contributed by atoms with Gasteiger partial charge in [-0.2, -0.15) is 0 Å². The topological polar surface area (TPSA) is 47.4 Å². The molecule has 0 spiro atoms. The summed E-state index contributed by atoms with van der Waals surface area (Å²) in [6.45, 7) is 7.26. The summed E-state index contributed by atoms with van der Waals surface area (Å²) in [7, 11) is 0. The molecule has 0 radical (unpaired) electrons. The molecule has 1 aliphatic heterocycles. The number of carbonyl (C=O) groups is 1. The van der Waals surface area contributed by atoms with Crippen LogP contribution in [0.15, 0.2) is 18.7 Å². The number of carbonyl (C=O) groups excluding carboxylic acids is 1. The van der Waals surface area contributed by atoms with Gasteiger partial charge in [0.2, 0.25) is 0 Å². The third-order valence-electron chi connectivity index (χ3n) is 2.99. The first-order valence-corrected chi connectivity index (χ1v) is 6.41. The van der Waals surface area contributed by atoms with Gasteiger partial charge in [-0.15, -0.1) is 0 Å². The predicted octanol–water partition coefficient (Wildman–Crippen LogP) is 2.28. The molecule has 0 N–H and O–H groups in total. The minimum Gasteiger partial charge on any atom is -0.444 e. The van der Waals surface area contributed by atoms with Crippen LogP contribution >= 0.6 is 0 Å². The molecule has 100 valence electrons. The average Bonchev–Trinajstić information content (AvgIpc) is 2.86. The Hall–Kier alpha value is -1.52. The van der Waals surface area contributed by atoms with Gasteiger partial charge in [0.1, 0.15) is 5.60 Å². The Bertz CT molecular complexity index is 395. The van der Waals surface area contributed by atoms with Gasteiger partial charge in [0, 0.05) is 25.5 Å². The molecule has 2 rings (SSSR count). The Balaban J connectivity index is 1.97. The van der Waals surface area contributed by atoms with Gasteiger partial charge in [-0.1, -0.05) is 0 Å². The Kier molecular flexibility index (Phi) is 3.59. The molecule has 0 saturated carbocycles. The number of nitrogens with zero attached hydrogens (tertiary/aromatic N) is 3. The molecule has 0 aromatic carbocycles. The molecule has 1 aromatic rings. The fourth-order valence-corrected chi connectivity index (χ4v) is 2.22. The molecule has 0 unspecified atom stereocenters. The number of aromatic nitrogens is 2. The van der Waals surface area contributed by atoms with Crippen molar-refractivity contribution in [1.29, 1.82) is 0 Å². The van der Waals surface area contributed by atoms with Crippen LogP contribution in [0.2, 0.25) is 0 Å². The molecule has 5 nitrogen and oxygen atoms in total. The molecule has 1 saturated heterocycles. The van der Waals surface area contributed by atoms with Gasteiger partial charge in [-0.25, -0.2) is 9.78 Å². The maximum absolute atomic E-state index is 12.1. The summed E-state index contributed by atoms with van der Waals surface area (Å²) in [4.78, 5) is 17.9. The summed E-state index contributed by atoms with van der Waals surface area (Å²) in [5, 5.41) is 0. The van der Waals surface area contributed by atoms with Crippen molar-refractivity contribution < 1.29 is 9.53 Å². The first-order valence-electron chi connectivity index (χ1n) is 6.41. The SMILES string of the molecule is CC(C)(C)OC(=O)N1CCC[C@H]1Cn1ccnc1. The van der Waals surface area contributed by atoms with Gasteiger partial charge in [0.15, 0.2) is 0 Å². The van der Waals surface area contributed by atoms with Crippen molar-refractivity contribution >= 4 is 6.09 Å². The van der Waals surface area contributed by atoms with Crippen LogP contribution in [0, 0.1) is 0 Å². The van der Waals surface area contributed by atoms with Crippen LogP contribution < -0.4 is 0 Å². The molecule has 1 atom stereocenters. The van der Waals surface area contributed by atoms with Crippen molar-refractivity contribution in [2.45, 2.75) is 51.8 Å². The average molecular weight is 251 g/mol. The van der Waals surface area contributed by atoms with E-state index in [0.717, 1.165) is 25.9 Å². The van der Waals surface area contributed by atoms with E-state index in [1.165, 1.54) is 0 Å². The Morgan fingerprint density at radius 1 is 1.50 bits per heavy atom. The lowest BCUT2D eigenvalue weighted by Gasteiger charge is -2.28. The number of rotatable bonds is 2. The minimum atomic E-state index is -0.431. The van der Waals surface area contributed by atoms with Crippen molar-refractivity contribution in [3.63, 3.8) is 0 Å². The molecule has 1 aromatic heterocycles. The summed E-state index contributed by atoms with van der Waals surface area (Å²) in [6.07, 6.45) is 7.32. The van der Waals surface area contributed by atoms with Crippen molar-refractivity contribution in [2.75, 3.05) is 6.54 Å². The van der Waals surface area contributed by atoms with Crippen LogP contribution in [0.1, 0.15) is 33.6 Å². The second kappa shape index (κ2) is 5.00. The molecule has 18 heavy (non-hydrogen) atoms. The second-order valence-corrected chi connectivity index (χ2v) is 5.73. The van der Waals surface area contributed by atoms with Crippen LogP contribution in [0.4, 0.5) is 4.79 Å². The van der Waals surface area contributed by atoms with Crippen molar-refractivity contribution in [3.8, 4) is 0 Å². The van der Waals surface area contributed by atoms with E-state index in [-0.39, 0.29) is 12.1 Å². The number of amides is 1. The van der Waals surface area contributed by atoms with E-state index in [2.05, 4.69) is 4.98 Å². The normalized spacial score (nSPS) is 20.2. The second-order valence-electron chi connectivity index (χ2n) is 5.73. The zero-order valence-corrected chi connectivity index (χ0v) is 11.3. The zero-order chi connectivity index (χ0) is 13.2.